The Labute approximate surface area is 128 Å². The quantitative estimate of drug-likeness (QED) is 0.858. The third kappa shape index (κ3) is 4.90. The first-order chi connectivity index (χ1) is 9.75. The fourth-order valence-electron chi connectivity index (χ4n) is 2.25. The summed E-state index contributed by atoms with van der Waals surface area (Å²) in [6.07, 6.45) is 4.38. The van der Waals surface area contributed by atoms with Crippen LogP contribution in [0.4, 0.5) is 0 Å². The van der Waals surface area contributed by atoms with Crippen LogP contribution in [0.1, 0.15) is 25.7 Å². The molecule has 3 nitrogen and oxygen atoms in total. The maximum absolute atomic E-state index is 11.7. The van der Waals surface area contributed by atoms with Crippen molar-refractivity contribution in [2.75, 3.05) is 13.2 Å². The molecule has 1 amide bonds. The summed E-state index contributed by atoms with van der Waals surface area (Å²) in [7, 11) is 0. The molecular weight excluding hydrogens is 318 g/mol. The van der Waals surface area contributed by atoms with E-state index in [-0.39, 0.29) is 11.8 Å². The second kappa shape index (κ2) is 7.96. The molecule has 1 aromatic carbocycles. The molecule has 1 aliphatic rings. The van der Waals surface area contributed by atoms with Gasteiger partial charge in [-0.2, -0.15) is 0 Å². The molecule has 1 saturated carbocycles. The van der Waals surface area contributed by atoms with Crippen LogP contribution in [0, 0.1) is 17.8 Å². The minimum atomic E-state index is 0.143. The molecule has 2 rings (SSSR count). The van der Waals surface area contributed by atoms with Crippen molar-refractivity contribution in [1.82, 2.24) is 5.32 Å². The predicted molar refractivity (Wildman–Crippen MR) is 82.4 cm³/mol. The fraction of sp³-hybridized carbons (Fsp3) is 0.438. The Morgan fingerprint density at radius 3 is 2.90 bits per heavy atom. The molecule has 0 atom stereocenters. The molecule has 0 radical (unpaired) electrons. The van der Waals surface area contributed by atoms with Crippen LogP contribution in [0.2, 0.25) is 0 Å². The maximum atomic E-state index is 11.7. The summed E-state index contributed by atoms with van der Waals surface area (Å²) in [6.45, 7) is 0.729. The van der Waals surface area contributed by atoms with E-state index in [4.69, 9.17) is 4.74 Å². The fourth-order valence-corrected chi connectivity index (χ4v) is 2.63. The highest BCUT2D eigenvalue weighted by Crippen LogP contribution is 2.24. The van der Waals surface area contributed by atoms with Gasteiger partial charge >= 0.3 is 0 Å². The average Bonchev–Trinajstić information content (AvgIpc) is 2.96. The van der Waals surface area contributed by atoms with Crippen molar-refractivity contribution < 1.29 is 9.53 Å². The van der Waals surface area contributed by atoms with Crippen molar-refractivity contribution in [3.05, 3.63) is 28.7 Å². The zero-order valence-corrected chi connectivity index (χ0v) is 12.9. The average molecular weight is 336 g/mol. The lowest BCUT2D eigenvalue weighted by Gasteiger charge is -2.07. The zero-order chi connectivity index (χ0) is 14.2. The molecule has 0 saturated heterocycles. The summed E-state index contributed by atoms with van der Waals surface area (Å²) >= 11 is 3.38. The van der Waals surface area contributed by atoms with Gasteiger partial charge in [0.15, 0.2) is 0 Å². The van der Waals surface area contributed by atoms with Gasteiger partial charge in [0.05, 0.1) is 6.54 Å². The molecule has 0 aromatic heterocycles. The first-order valence-electron chi connectivity index (χ1n) is 6.87. The summed E-state index contributed by atoms with van der Waals surface area (Å²) < 4.78 is 6.46. The zero-order valence-electron chi connectivity index (χ0n) is 11.3. The number of ether oxygens (including phenoxy) is 1. The molecule has 0 aliphatic heterocycles. The smallest absolute Gasteiger partial charge is 0.223 e. The van der Waals surface area contributed by atoms with E-state index >= 15 is 0 Å². The van der Waals surface area contributed by atoms with Crippen LogP contribution < -0.4 is 10.1 Å². The van der Waals surface area contributed by atoms with E-state index in [0.717, 1.165) is 23.1 Å². The van der Waals surface area contributed by atoms with Crippen LogP contribution in [0.5, 0.6) is 5.75 Å². The molecule has 1 fully saturated rings. The van der Waals surface area contributed by atoms with Gasteiger partial charge in [-0.25, -0.2) is 0 Å². The van der Waals surface area contributed by atoms with Gasteiger partial charge in [0, 0.05) is 10.4 Å². The Kier molecular flexibility index (Phi) is 5.94. The van der Waals surface area contributed by atoms with Crippen LogP contribution in [0.15, 0.2) is 28.7 Å². The van der Waals surface area contributed by atoms with Crippen molar-refractivity contribution >= 4 is 21.8 Å². The van der Waals surface area contributed by atoms with Gasteiger partial charge in [0.1, 0.15) is 12.4 Å². The number of amides is 1. The van der Waals surface area contributed by atoms with Crippen molar-refractivity contribution in [3.63, 3.8) is 0 Å². The van der Waals surface area contributed by atoms with Crippen LogP contribution in [0.25, 0.3) is 0 Å². The molecule has 1 aliphatic carbocycles. The van der Waals surface area contributed by atoms with Gasteiger partial charge in [0.2, 0.25) is 5.91 Å². The second-order valence-electron chi connectivity index (χ2n) is 4.80. The van der Waals surface area contributed by atoms with Crippen molar-refractivity contribution in [2.24, 2.45) is 5.92 Å². The van der Waals surface area contributed by atoms with Crippen molar-refractivity contribution in [1.29, 1.82) is 0 Å². The molecule has 0 heterocycles. The van der Waals surface area contributed by atoms with Gasteiger partial charge in [-0.3, -0.25) is 4.79 Å². The lowest BCUT2D eigenvalue weighted by Crippen LogP contribution is -2.29. The maximum Gasteiger partial charge on any atom is 0.223 e. The number of hydrogen-bond donors (Lipinski definition) is 1. The minimum Gasteiger partial charge on any atom is -0.481 e. The van der Waals surface area contributed by atoms with Crippen LogP contribution in [-0.4, -0.2) is 19.1 Å². The topological polar surface area (TPSA) is 38.3 Å². The number of carbonyl (C=O) groups is 1. The molecule has 1 N–H and O–H groups in total. The molecule has 1 aromatic rings. The summed E-state index contributed by atoms with van der Waals surface area (Å²) in [6, 6.07) is 7.63. The third-order valence-electron chi connectivity index (χ3n) is 3.31. The summed E-state index contributed by atoms with van der Waals surface area (Å²) in [4.78, 5) is 11.7. The highest BCUT2D eigenvalue weighted by molar-refractivity contribution is 9.10. The number of benzene rings is 1. The third-order valence-corrected chi connectivity index (χ3v) is 3.80. The van der Waals surface area contributed by atoms with E-state index in [2.05, 4.69) is 33.1 Å². The molecule has 0 spiro atoms. The largest absolute Gasteiger partial charge is 0.481 e. The van der Waals surface area contributed by atoms with Crippen LogP contribution in [0.3, 0.4) is 0 Å². The van der Waals surface area contributed by atoms with E-state index in [9.17, 15) is 4.79 Å². The summed E-state index contributed by atoms with van der Waals surface area (Å²) in [5, 5.41) is 2.86. The summed E-state index contributed by atoms with van der Waals surface area (Å²) in [5.41, 5.74) is 0. The van der Waals surface area contributed by atoms with E-state index in [1.165, 1.54) is 12.8 Å². The van der Waals surface area contributed by atoms with Gasteiger partial charge in [-0.15, -0.1) is 0 Å². The molecule has 4 heteroatoms. The molecule has 106 valence electrons. The van der Waals surface area contributed by atoms with E-state index < -0.39 is 0 Å². The number of carbonyl (C=O) groups excluding carboxylic acids is 1. The Bertz CT molecular complexity index is 513. The van der Waals surface area contributed by atoms with Gasteiger partial charge < -0.3 is 10.1 Å². The van der Waals surface area contributed by atoms with Crippen molar-refractivity contribution in [2.45, 2.75) is 25.7 Å². The lowest BCUT2D eigenvalue weighted by atomic mass is 10.1. The highest BCUT2D eigenvalue weighted by atomic mass is 79.9. The first-order valence-corrected chi connectivity index (χ1v) is 7.67. The van der Waals surface area contributed by atoms with E-state index in [1.54, 1.807) is 0 Å². The predicted octanol–water partition coefficient (Wildman–Crippen LogP) is 3.14. The number of rotatable bonds is 4. The first kappa shape index (κ1) is 14.9. The van der Waals surface area contributed by atoms with Crippen LogP contribution >= 0.6 is 15.9 Å². The number of hydrogen-bond acceptors (Lipinski definition) is 2. The number of nitrogens with one attached hydrogen (secondary N) is 1. The number of halogens is 1. The van der Waals surface area contributed by atoms with Gasteiger partial charge in [0.25, 0.3) is 0 Å². The molecule has 20 heavy (non-hydrogen) atoms. The minimum absolute atomic E-state index is 0.143. The summed E-state index contributed by atoms with van der Waals surface area (Å²) in [5.74, 6) is 6.93. The second-order valence-corrected chi connectivity index (χ2v) is 5.71. The normalized spacial score (nSPS) is 14.4. The molecule has 0 bridgehead atoms. The molecule has 0 unspecified atom stereocenters. The van der Waals surface area contributed by atoms with E-state index in [1.807, 2.05) is 24.3 Å². The monoisotopic (exact) mass is 335 g/mol. The lowest BCUT2D eigenvalue weighted by molar-refractivity contribution is -0.124. The van der Waals surface area contributed by atoms with Gasteiger partial charge in [-0.05, 0) is 31.0 Å². The van der Waals surface area contributed by atoms with Crippen molar-refractivity contribution in [3.8, 4) is 17.6 Å². The Morgan fingerprint density at radius 2 is 2.15 bits per heavy atom. The highest BCUT2D eigenvalue weighted by Gasteiger charge is 2.21. The van der Waals surface area contributed by atoms with Crippen LogP contribution in [-0.2, 0) is 4.79 Å². The molecular formula is C16H18BrNO2. The SMILES string of the molecule is O=C(NCC#CCOc1cccc(Br)c1)C1CCCC1. The Balaban J connectivity index is 1.64. The van der Waals surface area contributed by atoms with Gasteiger partial charge in [-0.1, -0.05) is 46.7 Å². The Morgan fingerprint density at radius 1 is 1.35 bits per heavy atom. The Hall–Kier alpha value is -1.47. The van der Waals surface area contributed by atoms with E-state index in [0.29, 0.717) is 13.2 Å². The standard InChI is InChI=1S/C16H18BrNO2/c17-14-8-5-9-15(12-14)20-11-4-3-10-18-16(19)13-6-1-2-7-13/h5,8-9,12-13H,1-2,6-7,10-11H2,(H,18,19).